The number of ether oxygens (including phenoxy) is 2. The molecule has 0 unspecified atom stereocenters. The highest BCUT2D eigenvalue weighted by Gasteiger charge is 2.28. The predicted molar refractivity (Wildman–Crippen MR) is 102 cm³/mol. The second-order valence-corrected chi connectivity index (χ2v) is 6.74. The van der Waals surface area contributed by atoms with Gasteiger partial charge in [-0.3, -0.25) is 4.79 Å². The van der Waals surface area contributed by atoms with Crippen molar-refractivity contribution in [1.82, 2.24) is 10.3 Å². The van der Waals surface area contributed by atoms with Crippen LogP contribution < -0.4 is 14.8 Å². The van der Waals surface area contributed by atoms with Crippen LogP contribution in [-0.4, -0.2) is 23.7 Å². The first kappa shape index (κ1) is 20.7. The number of nitrogens with one attached hydrogen (secondary N) is 1. The standard InChI is InChI=1S/C20H17F3N2O3S/c21-20(22,23)12-28-18-5-1-14(2-6-18)9-24-19(26)15-3-7-17(8-4-15)27-10-16-11-29-13-25-16/h1-8,11,13H,9-10,12H2,(H,24,26). The van der Waals surface area contributed by atoms with E-state index >= 15 is 0 Å². The number of amides is 1. The highest BCUT2D eigenvalue weighted by molar-refractivity contribution is 7.07. The highest BCUT2D eigenvalue weighted by Crippen LogP contribution is 2.19. The molecule has 2 aromatic carbocycles. The second-order valence-electron chi connectivity index (χ2n) is 6.02. The summed E-state index contributed by atoms with van der Waals surface area (Å²) in [7, 11) is 0. The minimum Gasteiger partial charge on any atom is -0.487 e. The minimum absolute atomic E-state index is 0.116. The van der Waals surface area contributed by atoms with Gasteiger partial charge in [0.25, 0.3) is 5.91 Å². The van der Waals surface area contributed by atoms with Crippen molar-refractivity contribution < 1.29 is 27.4 Å². The third kappa shape index (κ3) is 6.79. The third-order valence-corrected chi connectivity index (χ3v) is 4.40. The first-order valence-electron chi connectivity index (χ1n) is 8.56. The fourth-order valence-corrected chi connectivity index (χ4v) is 2.86. The number of nitrogens with zero attached hydrogens (tertiary/aromatic N) is 1. The quantitative estimate of drug-likeness (QED) is 0.577. The Morgan fingerprint density at radius 1 is 1.00 bits per heavy atom. The van der Waals surface area contributed by atoms with Gasteiger partial charge in [0.15, 0.2) is 6.61 Å². The molecule has 0 bridgehead atoms. The van der Waals surface area contributed by atoms with Crippen LogP contribution in [0.4, 0.5) is 13.2 Å². The summed E-state index contributed by atoms with van der Waals surface area (Å²) in [6.45, 7) is -0.745. The molecule has 1 aromatic heterocycles. The molecule has 1 heterocycles. The van der Waals surface area contributed by atoms with Gasteiger partial charge in [-0.25, -0.2) is 4.98 Å². The molecular weight excluding hydrogens is 405 g/mol. The largest absolute Gasteiger partial charge is 0.487 e. The molecule has 0 saturated heterocycles. The topological polar surface area (TPSA) is 60.5 Å². The maximum Gasteiger partial charge on any atom is 0.422 e. The molecule has 9 heteroatoms. The van der Waals surface area contributed by atoms with E-state index in [1.807, 2.05) is 5.38 Å². The highest BCUT2D eigenvalue weighted by atomic mass is 32.1. The van der Waals surface area contributed by atoms with Crippen LogP contribution in [0.5, 0.6) is 11.5 Å². The van der Waals surface area contributed by atoms with Crippen molar-refractivity contribution in [2.45, 2.75) is 19.3 Å². The number of alkyl halides is 3. The Labute approximate surface area is 169 Å². The molecule has 0 atom stereocenters. The Kier molecular flexibility index (Phi) is 6.71. The van der Waals surface area contributed by atoms with E-state index in [4.69, 9.17) is 4.74 Å². The first-order chi connectivity index (χ1) is 13.9. The summed E-state index contributed by atoms with van der Waals surface area (Å²) in [5.41, 5.74) is 3.78. The number of halogens is 3. The molecule has 3 aromatic rings. The molecule has 5 nitrogen and oxygen atoms in total. The number of carbonyl (C=O) groups excluding carboxylic acids is 1. The Balaban J connectivity index is 1.46. The van der Waals surface area contributed by atoms with E-state index in [0.29, 0.717) is 17.9 Å². The van der Waals surface area contributed by atoms with Crippen molar-refractivity contribution in [3.8, 4) is 11.5 Å². The molecule has 3 rings (SSSR count). The average Bonchev–Trinajstić information content (AvgIpc) is 3.23. The van der Waals surface area contributed by atoms with Gasteiger partial charge in [0, 0.05) is 17.5 Å². The molecule has 152 valence electrons. The van der Waals surface area contributed by atoms with Crippen LogP contribution >= 0.6 is 11.3 Å². The van der Waals surface area contributed by atoms with E-state index in [0.717, 1.165) is 11.3 Å². The molecule has 1 amide bonds. The van der Waals surface area contributed by atoms with Crippen LogP contribution in [0.25, 0.3) is 0 Å². The van der Waals surface area contributed by atoms with Crippen molar-refractivity contribution in [3.63, 3.8) is 0 Å². The van der Waals surface area contributed by atoms with E-state index < -0.39 is 12.8 Å². The van der Waals surface area contributed by atoms with Crippen LogP contribution in [0, 0.1) is 0 Å². The predicted octanol–water partition coefficient (Wildman–Crippen LogP) is 4.59. The molecule has 0 fully saturated rings. The zero-order valence-electron chi connectivity index (χ0n) is 15.1. The van der Waals surface area contributed by atoms with E-state index in [9.17, 15) is 18.0 Å². The van der Waals surface area contributed by atoms with Gasteiger partial charge in [-0.15, -0.1) is 11.3 Å². The minimum atomic E-state index is -4.38. The summed E-state index contributed by atoms with van der Waals surface area (Å²) in [6.07, 6.45) is -4.38. The molecule has 0 spiro atoms. The normalized spacial score (nSPS) is 11.1. The fraction of sp³-hybridized carbons (Fsp3) is 0.200. The Morgan fingerprint density at radius 3 is 2.28 bits per heavy atom. The molecule has 0 aliphatic heterocycles. The van der Waals surface area contributed by atoms with Crippen molar-refractivity contribution in [1.29, 1.82) is 0 Å². The van der Waals surface area contributed by atoms with Gasteiger partial charge in [-0.05, 0) is 42.0 Å². The number of hydrogen-bond donors (Lipinski definition) is 1. The van der Waals surface area contributed by atoms with Crippen LogP contribution in [0.3, 0.4) is 0 Å². The maximum atomic E-state index is 12.2. The van der Waals surface area contributed by atoms with Crippen molar-refractivity contribution >= 4 is 17.2 Å². The van der Waals surface area contributed by atoms with Crippen LogP contribution in [0.2, 0.25) is 0 Å². The molecular formula is C20H17F3N2O3S. The molecule has 1 N–H and O–H groups in total. The van der Waals surface area contributed by atoms with Gasteiger partial charge in [0.1, 0.15) is 18.1 Å². The van der Waals surface area contributed by atoms with Gasteiger partial charge >= 0.3 is 6.18 Å². The van der Waals surface area contributed by atoms with E-state index in [2.05, 4.69) is 15.0 Å². The molecule has 0 aliphatic carbocycles. The lowest BCUT2D eigenvalue weighted by molar-refractivity contribution is -0.153. The molecule has 0 saturated carbocycles. The zero-order valence-corrected chi connectivity index (χ0v) is 15.9. The molecule has 29 heavy (non-hydrogen) atoms. The lowest BCUT2D eigenvalue weighted by Crippen LogP contribution is -2.22. The van der Waals surface area contributed by atoms with Crippen molar-refractivity contribution in [2.24, 2.45) is 0 Å². The molecule has 0 aliphatic rings. The summed E-state index contributed by atoms with van der Waals surface area (Å²) in [5, 5.41) is 4.66. The first-order valence-corrected chi connectivity index (χ1v) is 9.50. The number of aromatic nitrogens is 1. The van der Waals surface area contributed by atoms with Crippen LogP contribution in [0.15, 0.2) is 59.4 Å². The summed E-state index contributed by atoms with van der Waals surface area (Å²) in [4.78, 5) is 16.4. The van der Waals surface area contributed by atoms with Crippen molar-refractivity contribution in [3.05, 3.63) is 76.2 Å². The zero-order chi connectivity index (χ0) is 20.7. The van der Waals surface area contributed by atoms with Gasteiger partial charge < -0.3 is 14.8 Å². The summed E-state index contributed by atoms with van der Waals surface area (Å²) in [6, 6.07) is 12.8. The SMILES string of the molecule is O=C(NCc1ccc(OCC(F)(F)F)cc1)c1ccc(OCc2cscn2)cc1. The Bertz CT molecular complexity index is 912. The van der Waals surface area contributed by atoms with Crippen LogP contribution in [0.1, 0.15) is 21.6 Å². The number of benzene rings is 2. The van der Waals surface area contributed by atoms with Crippen molar-refractivity contribution in [2.75, 3.05) is 6.61 Å². The van der Waals surface area contributed by atoms with Crippen LogP contribution in [-0.2, 0) is 13.2 Å². The molecule has 0 radical (unpaired) electrons. The van der Waals surface area contributed by atoms with Gasteiger partial charge in [0.2, 0.25) is 0 Å². The Morgan fingerprint density at radius 2 is 1.66 bits per heavy atom. The summed E-state index contributed by atoms with van der Waals surface area (Å²) >= 11 is 1.49. The van der Waals surface area contributed by atoms with Gasteiger partial charge in [-0.1, -0.05) is 12.1 Å². The average molecular weight is 422 g/mol. The third-order valence-electron chi connectivity index (χ3n) is 3.77. The monoisotopic (exact) mass is 422 g/mol. The van der Waals surface area contributed by atoms with Gasteiger partial charge in [-0.2, -0.15) is 13.2 Å². The second kappa shape index (κ2) is 9.42. The van der Waals surface area contributed by atoms with E-state index in [1.54, 1.807) is 41.9 Å². The smallest absolute Gasteiger partial charge is 0.422 e. The summed E-state index contributed by atoms with van der Waals surface area (Å²) < 4.78 is 46.7. The summed E-state index contributed by atoms with van der Waals surface area (Å²) in [5.74, 6) is 0.475. The maximum absolute atomic E-state index is 12.2. The van der Waals surface area contributed by atoms with E-state index in [-0.39, 0.29) is 18.2 Å². The lowest BCUT2D eigenvalue weighted by atomic mass is 10.2. The number of thiazole rings is 1. The number of carbonyl (C=O) groups is 1. The van der Waals surface area contributed by atoms with Gasteiger partial charge in [0.05, 0.1) is 11.2 Å². The Hall–Kier alpha value is -3.07. The number of hydrogen-bond acceptors (Lipinski definition) is 5. The fourth-order valence-electron chi connectivity index (χ4n) is 2.32. The van der Waals surface area contributed by atoms with E-state index in [1.165, 1.54) is 23.5 Å². The number of rotatable bonds is 8. The lowest BCUT2D eigenvalue weighted by Gasteiger charge is -2.10.